The largest absolute Gasteiger partial charge is 0.530 e. The van der Waals surface area contributed by atoms with Crippen molar-refractivity contribution in [2.24, 2.45) is 0 Å². The Morgan fingerprint density at radius 2 is 1.58 bits per heavy atom. The molecule has 0 aromatic rings. The third kappa shape index (κ3) is 10.9. The van der Waals surface area contributed by atoms with Gasteiger partial charge in [0.1, 0.15) is 12.3 Å². The molecular formula is C15H32NO7Si-. The number of hydrogen-bond donors (Lipinski definition) is 1. The third-order valence-electron chi connectivity index (χ3n) is 3.04. The quantitative estimate of drug-likeness (QED) is 0.266. The number of hydrogen-bond acceptors (Lipinski definition) is 7. The Balaban J connectivity index is 4.05. The lowest BCUT2D eigenvalue weighted by Gasteiger charge is -2.28. The van der Waals surface area contributed by atoms with Crippen molar-refractivity contribution in [3.8, 4) is 0 Å². The van der Waals surface area contributed by atoms with Gasteiger partial charge in [-0.1, -0.05) is 0 Å². The molecule has 0 aromatic carbocycles. The molecule has 8 nitrogen and oxygen atoms in total. The second-order valence-corrected chi connectivity index (χ2v) is 7.82. The number of ether oxygens (including phenoxy) is 2. The molecule has 1 N–H and O–H groups in total. The number of carbonyl (C=O) groups excluding carboxylic acids is 1. The highest BCUT2D eigenvalue weighted by Gasteiger charge is 2.39. The first kappa shape index (κ1) is 23.3. The summed E-state index contributed by atoms with van der Waals surface area (Å²) in [6, 6.07) is 0.740. The molecule has 24 heavy (non-hydrogen) atoms. The summed E-state index contributed by atoms with van der Waals surface area (Å²) in [6.45, 7) is 11.3. The predicted octanol–water partition coefficient (Wildman–Crippen LogP) is 1.47. The molecule has 9 heteroatoms. The minimum atomic E-state index is -2.59. The van der Waals surface area contributed by atoms with Crippen LogP contribution in [0.2, 0.25) is 6.04 Å². The van der Waals surface area contributed by atoms with Crippen LogP contribution >= 0.6 is 0 Å². The van der Waals surface area contributed by atoms with Gasteiger partial charge in [0.15, 0.2) is 6.29 Å². The molecule has 0 heterocycles. The number of rotatable bonds is 15. The topological polar surface area (TPSA) is 98.3 Å². The molecule has 2 atom stereocenters. The lowest BCUT2D eigenvalue weighted by atomic mass is 10.4. The highest BCUT2D eigenvalue weighted by atomic mass is 28.4. The van der Waals surface area contributed by atoms with Crippen molar-refractivity contribution in [1.29, 1.82) is 0 Å². The highest BCUT2D eigenvalue weighted by Crippen LogP contribution is 2.19. The predicted molar refractivity (Wildman–Crippen MR) is 89.2 cm³/mol. The molecule has 0 radical (unpaired) electrons. The molecule has 0 aliphatic rings. The van der Waals surface area contributed by atoms with Crippen LogP contribution in [0, 0.1) is 0 Å². The fourth-order valence-corrected chi connectivity index (χ4v) is 4.91. The molecule has 144 valence electrons. The molecule has 0 rings (SSSR count). The molecule has 0 spiro atoms. The van der Waals surface area contributed by atoms with Gasteiger partial charge >= 0.3 is 8.80 Å². The smallest absolute Gasteiger partial charge is 0.500 e. The summed E-state index contributed by atoms with van der Waals surface area (Å²) in [6.07, 6.45) is -0.916. The summed E-state index contributed by atoms with van der Waals surface area (Å²) in [7, 11) is -2.59. The molecule has 0 aliphatic carbocycles. The van der Waals surface area contributed by atoms with E-state index in [1.54, 1.807) is 13.8 Å². The monoisotopic (exact) mass is 366 g/mol. The standard InChI is InChI=1S/C15H33NO7Si/c1-6-20-24(21-7-2,22-8-3)12-10-9-11-19-14(5)23-13(4)16-15(17)18/h13-14,16H,6-12H2,1-5H3,(H,17,18)/p-1. The van der Waals surface area contributed by atoms with E-state index in [0.29, 0.717) is 26.4 Å². The van der Waals surface area contributed by atoms with Crippen molar-refractivity contribution in [2.75, 3.05) is 26.4 Å². The van der Waals surface area contributed by atoms with Gasteiger partial charge in [0.05, 0.1) is 0 Å². The lowest BCUT2D eigenvalue weighted by Crippen LogP contribution is -2.46. The van der Waals surface area contributed by atoms with Gasteiger partial charge in [0, 0.05) is 32.5 Å². The van der Waals surface area contributed by atoms with Crippen LogP contribution in [0.4, 0.5) is 4.79 Å². The SMILES string of the molecule is CCO[Si](CCCCOC(C)OC(C)NC(=O)[O-])(OCC)OCC. The maximum Gasteiger partial charge on any atom is 0.500 e. The van der Waals surface area contributed by atoms with Crippen LogP contribution in [0.15, 0.2) is 0 Å². The van der Waals surface area contributed by atoms with Crippen molar-refractivity contribution in [3.05, 3.63) is 0 Å². The molecule has 0 aromatic heterocycles. The number of carbonyl (C=O) groups is 1. The zero-order chi connectivity index (χ0) is 18.4. The number of amides is 1. The zero-order valence-electron chi connectivity index (χ0n) is 15.5. The maximum atomic E-state index is 10.4. The van der Waals surface area contributed by atoms with Crippen LogP contribution in [-0.2, 0) is 22.8 Å². The van der Waals surface area contributed by atoms with E-state index >= 15 is 0 Å². The summed E-state index contributed by atoms with van der Waals surface area (Å²) in [5.41, 5.74) is 0. The first-order valence-corrected chi connectivity index (χ1v) is 10.5. The van der Waals surface area contributed by atoms with Gasteiger partial charge in [0.25, 0.3) is 0 Å². The number of unbranched alkanes of at least 4 members (excludes halogenated alkanes) is 1. The van der Waals surface area contributed by atoms with Crippen LogP contribution in [0.1, 0.15) is 47.5 Å². The Bertz CT molecular complexity index is 316. The van der Waals surface area contributed by atoms with Crippen molar-refractivity contribution >= 4 is 14.9 Å². The molecule has 0 aliphatic heterocycles. The van der Waals surface area contributed by atoms with Gasteiger partial charge in [-0.2, -0.15) is 0 Å². The minimum Gasteiger partial charge on any atom is -0.530 e. The zero-order valence-corrected chi connectivity index (χ0v) is 16.5. The van der Waals surface area contributed by atoms with E-state index in [4.69, 9.17) is 22.8 Å². The van der Waals surface area contributed by atoms with Crippen molar-refractivity contribution in [2.45, 2.75) is 66.0 Å². The van der Waals surface area contributed by atoms with Crippen molar-refractivity contribution < 1.29 is 32.7 Å². The number of carboxylic acid groups (broad SMARTS) is 1. The van der Waals surface area contributed by atoms with Gasteiger partial charge < -0.3 is 38.0 Å². The van der Waals surface area contributed by atoms with E-state index in [0.717, 1.165) is 18.9 Å². The first-order chi connectivity index (χ1) is 11.4. The molecule has 0 fully saturated rings. The molecule has 2 unspecified atom stereocenters. The Morgan fingerprint density at radius 3 is 2.04 bits per heavy atom. The Kier molecular flexibility index (Phi) is 13.2. The van der Waals surface area contributed by atoms with Crippen LogP contribution in [0.25, 0.3) is 0 Å². The fraction of sp³-hybridized carbons (Fsp3) is 0.933. The molecule has 0 saturated carbocycles. The van der Waals surface area contributed by atoms with Gasteiger partial charge in [-0.3, -0.25) is 0 Å². The highest BCUT2D eigenvalue weighted by molar-refractivity contribution is 6.60. The Morgan fingerprint density at radius 1 is 1.04 bits per heavy atom. The van der Waals surface area contributed by atoms with Crippen LogP contribution in [0.5, 0.6) is 0 Å². The summed E-state index contributed by atoms with van der Waals surface area (Å²) in [5.74, 6) is 0. The normalized spacial score (nSPS) is 14.4. The third-order valence-corrected chi connectivity index (χ3v) is 6.19. The second kappa shape index (κ2) is 13.6. The second-order valence-electron chi connectivity index (χ2n) is 5.09. The van der Waals surface area contributed by atoms with Crippen LogP contribution < -0.4 is 10.4 Å². The number of nitrogens with one attached hydrogen (secondary N) is 1. The van der Waals surface area contributed by atoms with E-state index < -0.39 is 27.4 Å². The van der Waals surface area contributed by atoms with E-state index in [-0.39, 0.29) is 0 Å². The molecular weight excluding hydrogens is 334 g/mol. The van der Waals surface area contributed by atoms with E-state index in [1.165, 1.54) is 0 Å². The van der Waals surface area contributed by atoms with E-state index in [1.807, 2.05) is 20.8 Å². The lowest BCUT2D eigenvalue weighted by molar-refractivity contribution is -0.257. The van der Waals surface area contributed by atoms with Gasteiger partial charge in [-0.25, -0.2) is 0 Å². The Hall–Kier alpha value is -0.713. The average molecular weight is 367 g/mol. The summed E-state index contributed by atoms with van der Waals surface area (Å²) in [4.78, 5) is 10.4. The van der Waals surface area contributed by atoms with E-state index in [2.05, 4.69) is 5.32 Å². The minimum absolute atomic E-state index is 0.494. The molecule has 1 amide bonds. The fourth-order valence-electron chi connectivity index (χ4n) is 2.22. The first-order valence-electron chi connectivity index (χ1n) is 8.55. The van der Waals surface area contributed by atoms with E-state index in [9.17, 15) is 9.90 Å². The van der Waals surface area contributed by atoms with Crippen LogP contribution in [0.3, 0.4) is 0 Å². The van der Waals surface area contributed by atoms with Gasteiger partial charge in [-0.15, -0.1) is 0 Å². The Labute approximate surface area is 146 Å². The van der Waals surface area contributed by atoms with Gasteiger partial charge in [0.2, 0.25) is 0 Å². The van der Waals surface area contributed by atoms with Crippen molar-refractivity contribution in [1.82, 2.24) is 5.32 Å². The summed E-state index contributed by atoms with van der Waals surface area (Å²) in [5, 5.41) is 12.5. The average Bonchev–Trinajstić information content (AvgIpc) is 2.46. The summed E-state index contributed by atoms with van der Waals surface area (Å²) < 4.78 is 28.2. The molecule has 0 saturated heterocycles. The molecule has 0 bridgehead atoms. The van der Waals surface area contributed by atoms with Crippen molar-refractivity contribution in [3.63, 3.8) is 0 Å². The maximum absolute atomic E-state index is 10.4. The summed E-state index contributed by atoms with van der Waals surface area (Å²) >= 11 is 0. The van der Waals surface area contributed by atoms with Crippen LogP contribution in [-0.4, -0.2) is 53.8 Å². The van der Waals surface area contributed by atoms with Gasteiger partial charge in [-0.05, 0) is 47.5 Å².